The lowest BCUT2D eigenvalue weighted by Gasteiger charge is -1.96. The number of hydrogen-bond acceptors (Lipinski definition) is 2. The Bertz CT molecular complexity index is 623. The lowest BCUT2D eigenvalue weighted by molar-refractivity contribution is 0.373. The molecular weight excluding hydrogens is 233 g/mol. The van der Waals surface area contributed by atoms with Gasteiger partial charge < -0.3 is 24.5 Å². The third-order valence-electron chi connectivity index (χ3n) is 1.96. The van der Waals surface area contributed by atoms with Gasteiger partial charge in [0.05, 0.1) is 18.1 Å². The van der Waals surface area contributed by atoms with E-state index in [4.69, 9.17) is 14.5 Å². The van der Waals surface area contributed by atoms with Gasteiger partial charge in [-0.3, -0.25) is 0 Å². The van der Waals surface area contributed by atoms with E-state index in [0.717, 1.165) is 0 Å². The van der Waals surface area contributed by atoms with E-state index in [0.29, 0.717) is 16.8 Å². The number of methoxy groups -OCH3 is 1. The standard InChI is InChI=1S/C8H10N3O4P/c1-15-5-2-3-6-7(4-5)10-8(9-6)11-16(12,13)14/h2-4H,1H3,(H4,9,10,11,12,13,14). The second-order valence-corrected chi connectivity index (χ2v) is 4.35. The van der Waals surface area contributed by atoms with Crippen LogP contribution in [0.4, 0.5) is 0 Å². The highest BCUT2D eigenvalue weighted by Crippen LogP contribution is 2.34. The molecule has 1 aromatic heterocycles. The fraction of sp³-hybridized carbons (Fsp3) is 0.125. The number of nitrogens with zero attached hydrogens (tertiary/aromatic N) is 1. The summed E-state index contributed by atoms with van der Waals surface area (Å²) in [4.78, 5) is 22.8. The van der Waals surface area contributed by atoms with Crippen LogP contribution in [0.3, 0.4) is 0 Å². The minimum Gasteiger partial charge on any atom is -0.497 e. The van der Waals surface area contributed by atoms with Gasteiger partial charge in [0.25, 0.3) is 0 Å². The zero-order valence-electron chi connectivity index (χ0n) is 8.34. The van der Waals surface area contributed by atoms with Crippen LogP contribution >= 0.6 is 7.75 Å². The van der Waals surface area contributed by atoms with Crippen molar-refractivity contribution in [2.75, 3.05) is 7.11 Å². The van der Waals surface area contributed by atoms with Crippen molar-refractivity contribution in [2.24, 2.45) is 4.76 Å². The van der Waals surface area contributed by atoms with Gasteiger partial charge in [0.2, 0.25) is 5.62 Å². The van der Waals surface area contributed by atoms with Crippen molar-refractivity contribution in [3.63, 3.8) is 0 Å². The molecule has 0 amide bonds. The van der Waals surface area contributed by atoms with E-state index < -0.39 is 7.75 Å². The molecule has 0 fully saturated rings. The summed E-state index contributed by atoms with van der Waals surface area (Å²) in [6, 6.07) is 5.15. The third-order valence-corrected chi connectivity index (χ3v) is 2.42. The van der Waals surface area contributed by atoms with Gasteiger partial charge in [-0.05, 0) is 12.1 Å². The molecule has 0 radical (unpaired) electrons. The van der Waals surface area contributed by atoms with Crippen LogP contribution in [0, 0.1) is 0 Å². The first kappa shape index (κ1) is 10.9. The highest BCUT2D eigenvalue weighted by Gasteiger charge is 2.09. The SMILES string of the molecule is COc1ccc2[nH]/c(=N/P(=O)(O)O)[nH]c2c1. The average molecular weight is 243 g/mol. The number of aromatic nitrogens is 2. The first-order valence-electron chi connectivity index (χ1n) is 4.36. The molecule has 4 N–H and O–H groups in total. The number of aromatic amines is 2. The predicted molar refractivity (Wildman–Crippen MR) is 56.8 cm³/mol. The quantitative estimate of drug-likeness (QED) is 0.575. The van der Waals surface area contributed by atoms with Crippen LogP contribution < -0.4 is 10.4 Å². The van der Waals surface area contributed by atoms with Crippen molar-refractivity contribution in [1.29, 1.82) is 0 Å². The molecule has 0 saturated heterocycles. The molecule has 0 aliphatic rings. The lowest BCUT2D eigenvalue weighted by atomic mass is 10.3. The second-order valence-electron chi connectivity index (χ2n) is 3.12. The summed E-state index contributed by atoms with van der Waals surface area (Å²) in [6.45, 7) is 0. The monoisotopic (exact) mass is 243 g/mol. The Balaban J connectivity index is 2.61. The summed E-state index contributed by atoms with van der Waals surface area (Å²) < 4.78 is 18.9. The van der Waals surface area contributed by atoms with Gasteiger partial charge >= 0.3 is 7.75 Å². The van der Waals surface area contributed by atoms with Gasteiger partial charge in [0.15, 0.2) is 0 Å². The summed E-state index contributed by atoms with van der Waals surface area (Å²) in [6.07, 6.45) is 0. The molecule has 2 rings (SSSR count). The summed E-state index contributed by atoms with van der Waals surface area (Å²) >= 11 is 0. The number of H-pyrrole nitrogens is 2. The Morgan fingerprint density at radius 3 is 2.62 bits per heavy atom. The number of hydrogen-bond donors (Lipinski definition) is 4. The van der Waals surface area contributed by atoms with Crippen LogP contribution in [0.25, 0.3) is 11.0 Å². The van der Waals surface area contributed by atoms with E-state index in [2.05, 4.69) is 14.7 Å². The van der Waals surface area contributed by atoms with Gasteiger partial charge in [-0.15, -0.1) is 4.76 Å². The molecule has 0 bridgehead atoms. The molecule has 0 atom stereocenters. The fourth-order valence-corrected chi connectivity index (χ4v) is 1.69. The van der Waals surface area contributed by atoms with Crippen LogP contribution in [0.5, 0.6) is 5.75 Å². The molecule has 1 aromatic carbocycles. The molecule has 1 heterocycles. The molecule has 7 nitrogen and oxygen atoms in total. The fourth-order valence-electron chi connectivity index (χ4n) is 1.33. The molecule has 0 aliphatic carbocycles. The predicted octanol–water partition coefficient (Wildman–Crippen LogP) is 0.498. The summed E-state index contributed by atoms with van der Waals surface area (Å²) in [5.41, 5.74) is 1.37. The molecule has 0 saturated carbocycles. The van der Waals surface area contributed by atoms with Crippen LogP contribution in [0.15, 0.2) is 23.0 Å². The van der Waals surface area contributed by atoms with Crippen LogP contribution in [0.2, 0.25) is 0 Å². The van der Waals surface area contributed by atoms with Crippen LogP contribution in [-0.2, 0) is 4.57 Å². The highest BCUT2D eigenvalue weighted by atomic mass is 31.2. The topological polar surface area (TPSA) is 111 Å². The Morgan fingerprint density at radius 2 is 2.00 bits per heavy atom. The van der Waals surface area contributed by atoms with E-state index in [1.165, 1.54) is 7.11 Å². The van der Waals surface area contributed by atoms with E-state index in [1.807, 2.05) is 0 Å². The number of rotatable bonds is 2. The highest BCUT2D eigenvalue weighted by molar-refractivity contribution is 7.50. The van der Waals surface area contributed by atoms with Crippen LogP contribution in [-0.4, -0.2) is 26.9 Å². The minimum absolute atomic E-state index is 0.0246. The van der Waals surface area contributed by atoms with E-state index in [-0.39, 0.29) is 5.62 Å². The molecule has 86 valence electrons. The van der Waals surface area contributed by atoms with Gasteiger partial charge in [0, 0.05) is 6.07 Å². The second kappa shape index (κ2) is 3.79. The largest absolute Gasteiger partial charge is 0.497 e. The molecule has 8 heteroatoms. The van der Waals surface area contributed by atoms with Crippen molar-refractivity contribution >= 4 is 18.8 Å². The summed E-state index contributed by atoms with van der Waals surface area (Å²) in [5.74, 6) is 0.644. The van der Waals surface area contributed by atoms with E-state index in [9.17, 15) is 4.57 Å². The summed E-state index contributed by atoms with van der Waals surface area (Å²) in [5, 5.41) is 0. The molecule has 2 aromatic rings. The maximum atomic E-state index is 10.7. The maximum absolute atomic E-state index is 10.7. The van der Waals surface area contributed by atoms with Crippen molar-refractivity contribution in [3.8, 4) is 5.75 Å². The van der Waals surface area contributed by atoms with Crippen molar-refractivity contribution < 1.29 is 19.1 Å². The lowest BCUT2D eigenvalue weighted by Crippen LogP contribution is -2.04. The van der Waals surface area contributed by atoms with Gasteiger partial charge in [-0.1, -0.05) is 0 Å². The van der Waals surface area contributed by atoms with Crippen LogP contribution in [0.1, 0.15) is 0 Å². The Morgan fingerprint density at radius 1 is 1.31 bits per heavy atom. The number of imidazole rings is 1. The van der Waals surface area contributed by atoms with Crippen molar-refractivity contribution in [1.82, 2.24) is 9.97 Å². The Hall–Kier alpha value is -1.56. The molecular formula is C8H10N3O4P. The maximum Gasteiger partial charge on any atom is 0.451 e. The summed E-state index contributed by atoms with van der Waals surface area (Å²) in [7, 11) is -2.89. The van der Waals surface area contributed by atoms with Crippen molar-refractivity contribution in [2.45, 2.75) is 0 Å². The zero-order chi connectivity index (χ0) is 11.8. The smallest absolute Gasteiger partial charge is 0.451 e. The molecule has 16 heavy (non-hydrogen) atoms. The molecule has 0 aliphatic heterocycles. The first-order valence-corrected chi connectivity index (χ1v) is 5.92. The van der Waals surface area contributed by atoms with E-state index >= 15 is 0 Å². The number of nitrogens with one attached hydrogen (secondary N) is 2. The first-order chi connectivity index (χ1) is 7.48. The number of ether oxygens (including phenoxy) is 1. The van der Waals surface area contributed by atoms with Gasteiger partial charge in [-0.25, -0.2) is 4.57 Å². The van der Waals surface area contributed by atoms with Gasteiger partial charge in [-0.2, -0.15) is 0 Å². The Kier molecular flexibility index (Phi) is 2.59. The average Bonchev–Trinajstić information content (AvgIpc) is 2.55. The molecule has 0 spiro atoms. The zero-order valence-corrected chi connectivity index (χ0v) is 9.23. The van der Waals surface area contributed by atoms with Crippen molar-refractivity contribution in [3.05, 3.63) is 23.8 Å². The Labute approximate surface area is 90.0 Å². The molecule has 0 unspecified atom stereocenters. The minimum atomic E-state index is -4.43. The normalized spacial score (nSPS) is 13.3. The van der Waals surface area contributed by atoms with E-state index in [1.54, 1.807) is 18.2 Å². The van der Waals surface area contributed by atoms with Gasteiger partial charge in [0.1, 0.15) is 5.75 Å². The number of fused-ring (bicyclic) bond motifs is 1. The third kappa shape index (κ3) is 2.33. The number of benzene rings is 1.